The number of hydrogen-bond donors (Lipinski definition) is 3. The van der Waals surface area contributed by atoms with Gasteiger partial charge >= 0.3 is 18.0 Å². The lowest BCUT2D eigenvalue weighted by Gasteiger charge is -2.13. The van der Waals surface area contributed by atoms with Gasteiger partial charge < -0.3 is 20.1 Å². The monoisotopic (exact) mass is 556 g/mol. The lowest BCUT2D eigenvalue weighted by atomic mass is 10.1. The third-order valence-corrected chi connectivity index (χ3v) is 5.20. The van der Waals surface area contributed by atoms with E-state index in [-0.39, 0.29) is 11.4 Å². The molecule has 0 saturated carbocycles. The molecule has 12 heteroatoms. The first-order chi connectivity index (χ1) is 19.2. The smallest absolute Gasteiger partial charge is 0.418 e. The van der Waals surface area contributed by atoms with Crippen LogP contribution in [0, 0.1) is 0 Å². The zero-order valence-corrected chi connectivity index (χ0v) is 21.5. The van der Waals surface area contributed by atoms with Crippen LogP contribution in [0.2, 0.25) is 0 Å². The lowest BCUT2D eigenvalue weighted by molar-refractivity contribution is -0.137. The summed E-state index contributed by atoms with van der Waals surface area (Å²) >= 11 is 0. The molecule has 0 aliphatic carbocycles. The maximum atomic E-state index is 13.1. The molecular formula is C28H27F3N4O5. The summed E-state index contributed by atoms with van der Waals surface area (Å²) in [6.45, 7) is 2.10. The summed E-state index contributed by atoms with van der Waals surface area (Å²) in [5.41, 5.74) is 1.62. The van der Waals surface area contributed by atoms with Crippen molar-refractivity contribution in [2.24, 2.45) is 5.10 Å². The first kappa shape index (κ1) is 29.7. The number of halogens is 3. The number of nitrogens with zero attached hydrogens (tertiary/aromatic N) is 1. The molecule has 3 N–H and O–H groups in total. The Morgan fingerprint density at radius 2 is 1.62 bits per heavy atom. The summed E-state index contributed by atoms with van der Waals surface area (Å²) in [7, 11) is 0. The van der Waals surface area contributed by atoms with E-state index in [1.165, 1.54) is 30.5 Å². The number of carbonyl (C=O) groups is 3. The highest BCUT2D eigenvalue weighted by atomic mass is 19.4. The molecule has 3 aromatic rings. The van der Waals surface area contributed by atoms with Crippen LogP contribution in [0.4, 0.5) is 24.5 Å². The number of para-hydroxylation sites is 1. The summed E-state index contributed by atoms with van der Waals surface area (Å²) in [6.07, 6.45) is -1.43. The molecule has 0 bridgehead atoms. The normalized spacial score (nSPS) is 11.1. The Labute approximate surface area is 228 Å². The van der Waals surface area contributed by atoms with Gasteiger partial charge in [0.15, 0.2) is 6.61 Å². The van der Waals surface area contributed by atoms with Gasteiger partial charge in [0.1, 0.15) is 11.5 Å². The van der Waals surface area contributed by atoms with Gasteiger partial charge in [-0.25, -0.2) is 5.43 Å². The second-order valence-electron chi connectivity index (χ2n) is 8.33. The summed E-state index contributed by atoms with van der Waals surface area (Å²) in [5, 5.41) is 8.38. The SMILES string of the molecule is CCCCOc1ccc(NC(=O)C(=O)N/N=C\c2cccc(OCC(=O)Nc3ccccc3C(F)(F)F)c2)cc1. The van der Waals surface area contributed by atoms with Crippen LogP contribution in [-0.2, 0) is 20.6 Å². The fourth-order valence-electron chi connectivity index (χ4n) is 3.23. The molecule has 0 heterocycles. The molecule has 3 aromatic carbocycles. The van der Waals surface area contributed by atoms with Gasteiger partial charge in [0.25, 0.3) is 5.91 Å². The number of hydrazone groups is 1. The van der Waals surface area contributed by atoms with Crippen LogP contribution in [-0.4, -0.2) is 37.1 Å². The molecule has 0 spiro atoms. The van der Waals surface area contributed by atoms with Gasteiger partial charge in [-0.2, -0.15) is 18.3 Å². The van der Waals surface area contributed by atoms with Crippen LogP contribution < -0.4 is 25.5 Å². The van der Waals surface area contributed by atoms with Gasteiger partial charge in [-0.15, -0.1) is 0 Å². The standard InChI is InChI=1S/C28H27F3N4O5/c1-2-3-15-39-21-13-11-20(12-14-21)33-26(37)27(38)35-32-17-19-7-6-8-22(16-19)40-18-25(36)34-24-10-5-4-9-23(24)28(29,30)31/h4-14,16-17H,2-3,15,18H2,1H3,(H,33,37)(H,34,36)(H,35,38)/b32-17-. The number of alkyl halides is 3. The number of nitrogens with one attached hydrogen (secondary N) is 3. The second kappa shape index (κ2) is 14.3. The Balaban J connectivity index is 1.47. The van der Waals surface area contributed by atoms with Crippen molar-refractivity contribution in [2.75, 3.05) is 23.8 Å². The van der Waals surface area contributed by atoms with E-state index in [4.69, 9.17) is 9.47 Å². The average molecular weight is 557 g/mol. The number of benzene rings is 3. The summed E-state index contributed by atoms with van der Waals surface area (Å²) < 4.78 is 50.2. The summed E-state index contributed by atoms with van der Waals surface area (Å²) in [6, 6.07) is 17.4. The molecule has 210 valence electrons. The summed E-state index contributed by atoms with van der Waals surface area (Å²) in [4.78, 5) is 36.3. The van der Waals surface area contributed by atoms with Gasteiger partial charge in [0.05, 0.1) is 24.1 Å². The van der Waals surface area contributed by atoms with E-state index in [1.807, 2.05) is 0 Å². The van der Waals surface area contributed by atoms with Crippen molar-refractivity contribution in [2.45, 2.75) is 25.9 Å². The minimum Gasteiger partial charge on any atom is -0.494 e. The highest BCUT2D eigenvalue weighted by molar-refractivity contribution is 6.39. The maximum absolute atomic E-state index is 13.1. The minimum absolute atomic E-state index is 0.231. The van der Waals surface area contributed by atoms with Crippen LogP contribution in [0.15, 0.2) is 77.9 Å². The number of anilines is 2. The minimum atomic E-state index is -4.62. The van der Waals surface area contributed by atoms with Crippen molar-refractivity contribution in [1.82, 2.24) is 5.43 Å². The van der Waals surface area contributed by atoms with Gasteiger partial charge in [0.2, 0.25) is 0 Å². The van der Waals surface area contributed by atoms with Crippen molar-refractivity contribution < 1.29 is 37.0 Å². The fraction of sp³-hybridized carbons (Fsp3) is 0.214. The van der Waals surface area contributed by atoms with Gasteiger partial charge in [0, 0.05) is 5.69 Å². The Morgan fingerprint density at radius 1 is 0.875 bits per heavy atom. The Bertz CT molecular complexity index is 1340. The van der Waals surface area contributed by atoms with Crippen molar-refractivity contribution in [3.05, 3.63) is 83.9 Å². The largest absolute Gasteiger partial charge is 0.494 e. The van der Waals surface area contributed by atoms with E-state index >= 15 is 0 Å². The molecule has 0 aromatic heterocycles. The molecule has 0 fully saturated rings. The Kier molecular flexibility index (Phi) is 10.6. The zero-order valence-electron chi connectivity index (χ0n) is 21.5. The second-order valence-corrected chi connectivity index (χ2v) is 8.33. The zero-order chi connectivity index (χ0) is 29.0. The molecule has 9 nitrogen and oxygen atoms in total. The van der Waals surface area contributed by atoms with Crippen LogP contribution in [0.1, 0.15) is 30.9 Å². The van der Waals surface area contributed by atoms with Crippen LogP contribution in [0.25, 0.3) is 0 Å². The van der Waals surface area contributed by atoms with Crippen molar-refractivity contribution >= 4 is 35.3 Å². The van der Waals surface area contributed by atoms with Crippen LogP contribution >= 0.6 is 0 Å². The van der Waals surface area contributed by atoms with Crippen molar-refractivity contribution in [1.29, 1.82) is 0 Å². The topological polar surface area (TPSA) is 118 Å². The average Bonchev–Trinajstić information content (AvgIpc) is 2.93. The van der Waals surface area contributed by atoms with Gasteiger partial charge in [-0.1, -0.05) is 37.6 Å². The van der Waals surface area contributed by atoms with E-state index in [1.54, 1.807) is 36.4 Å². The number of unbranched alkanes of at least 4 members (excludes halogenated alkanes) is 1. The number of ether oxygens (including phenoxy) is 2. The first-order valence-corrected chi connectivity index (χ1v) is 12.2. The third kappa shape index (κ3) is 9.46. The molecular weight excluding hydrogens is 529 g/mol. The Morgan fingerprint density at radius 3 is 2.35 bits per heavy atom. The highest BCUT2D eigenvalue weighted by Gasteiger charge is 2.33. The molecule has 0 saturated heterocycles. The molecule has 3 rings (SSSR count). The van der Waals surface area contributed by atoms with Crippen LogP contribution in [0.3, 0.4) is 0 Å². The van der Waals surface area contributed by atoms with E-state index < -0.39 is 36.1 Å². The maximum Gasteiger partial charge on any atom is 0.418 e. The van der Waals surface area contributed by atoms with Crippen molar-refractivity contribution in [3.63, 3.8) is 0 Å². The highest BCUT2D eigenvalue weighted by Crippen LogP contribution is 2.34. The third-order valence-electron chi connectivity index (χ3n) is 5.20. The molecule has 0 aliphatic heterocycles. The van der Waals surface area contributed by atoms with Crippen molar-refractivity contribution in [3.8, 4) is 11.5 Å². The molecule has 0 radical (unpaired) electrons. The summed E-state index contributed by atoms with van der Waals surface area (Å²) in [5.74, 6) is -1.82. The molecule has 40 heavy (non-hydrogen) atoms. The molecule has 0 unspecified atom stereocenters. The van der Waals surface area contributed by atoms with E-state index in [0.717, 1.165) is 25.0 Å². The Hall–Kier alpha value is -4.87. The molecule has 3 amide bonds. The first-order valence-electron chi connectivity index (χ1n) is 12.2. The van der Waals surface area contributed by atoms with Crippen LogP contribution in [0.5, 0.6) is 11.5 Å². The predicted octanol–water partition coefficient (Wildman–Crippen LogP) is 4.99. The molecule has 0 atom stereocenters. The lowest BCUT2D eigenvalue weighted by Crippen LogP contribution is -2.32. The quantitative estimate of drug-likeness (QED) is 0.133. The van der Waals surface area contributed by atoms with E-state index in [2.05, 4.69) is 28.1 Å². The van der Waals surface area contributed by atoms with Gasteiger partial charge in [-0.3, -0.25) is 14.4 Å². The molecule has 0 aliphatic rings. The number of rotatable bonds is 11. The number of amides is 3. The number of hydrogen-bond acceptors (Lipinski definition) is 6. The fourth-order valence-corrected chi connectivity index (χ4v) is 3.23. The van der Waals surface area contributed by atoms with Gasteiger partial charge in [-0.05, 0) is 60.5 Å². The van der Waals surface area contributed by atoms with E-state index in [9.17, 15) is 27.6 Å². The van der Waals surface area contributed by atoms with E-state index in [0.29, 0.717) is 23.6 Å². The number of carbonyl (C=O) groups excluding carboxylic acids is 3. The predicted molar refractivity (Wildman–Crippen MR) is 143 cm³/mol.